The minimum Gasteiger partial charge on any atom is -0.465 e. The molecule has 0 bridgehead atoms. The van der Waals surface area contributed by atoms with Gasteiger partial charge in [0.2, 0.25) is 0 Å². The van der Waals surface area contributed by atoms with Crippen molar-refractivity contribution in [3.63, 3.8) is 0 Å². The van der Waals surface area contributed by atoms with Crippen LogP contribution in [0.15, 0.2) is 29.3 Å². The van der Waals surface area contributed by atoms with Gasteiger partial charge in [-0.25, -0.2) is 4.39 Å². The molecule has 0 saturated carbocycles. The van der Waals surface area contributed by atoms with Crippen LogP contribution in [0.5, 0.6) is 0 Å². The summed E-state index contributed by atoms with van der Waals surface area (Å²) in [5.74, 6) is -1.38. The van der Waals surface area contributed by atoms with Gasteiger partial charge in [-0.1, -0.05) is 11.3 Å². The van der Waals surface area contributed by atoms with E-state index in [1.807, 2.05) is 20.8 Å². The summed E-state index contributed by atoms with van der Waals surface area (Å²) in [4.78, 5) is 29.1. The first-order valence-corrected chi connectivity index (χ1v) is 9.71. The second-order valence-electron chi connectivity index (χ2n) is 6.51. The third kappa shape index (κ3) is 4.04. The standard InChI is InChI=1S/C19H21FN4O3S/c1-5-27-17(25)10-23-15-7-6-13(20)9-16(15)28-19(23)21-18(26)14-8-12(4)24(22-14)11(2)3/h6-9,11H,5,10H2,1-4H3. The van der Waals surface area contributed by atoms with E-state index in [-0.39, 0.29) is 29.7 Å². The second-order valence-corrected chi connectivity index (χ2v) is 7.52. The third-order valence-corrected chi connectivity index (χ3v) is 5.11. The SMILES string of the molecule is CCOC(=O)Cn1c(=NC(=O)c2cc(C)n(C(C)C)n2)sc2cc(F)ccc21. The van der Waals surface area contributed by atoms with Crippen LogP contribution < -0.4 is 4.80 Å². The van der Waals surface area contributed by atoms with Crippen molar-refractivity contribution in [1.82, 2.24) is 14.3 Å². The summed E-state index contributed by atoms with van der Waals surface area (Å²) in [5, 5.41) is 4.31. The molecule has 0 spiro atoms. The Hall–Kier alpha value is -2.81. The minimum atomic E-state index is -0.521. The highest BCUT2D eigenvalue weighted by molar-refractivity contribution is 7.16. The van der Waals surface area contributed by atoms with Gasteiger partial charge >= 0.3 is 5.97 Å². The largest absolute Gasteiger partial charge is 0.465 e. The maximum atomic E-state index is 13.6. The fraction of sp³-hybridized carbons (Fsp3) is 0.368. The molecule has 148 valence electrons. The number of carbonyl (C=O) groups is 2. The van der Waals surface area contributed by atoms with Crippen LogP contribution >= 0.6 is 11.3 Å². The number of halogens is 1. The third-order valence-electron chi connectivity index (χ3n) is 4.07. The van der Waals surface area contributed by atoms with E-state index < -0.39 is 17.7 Å². The number of ether oxygens (including phenoxy) is 1. The molecule has 2 heterocycles. The monoisotopic (exact) mass is 404 g/mol. The molecule has 28 heavy (non-hydrogen) atoms. The Morgan fingerprint density at radius 3 is 2.71 bits per heavy atom. The second kappa shape index (κ2) is 8.05. The van der Waals surface area contributed by atoms with Crippen LogP contribution in [-0.2, 0) is 16.1 Å². The molecule has 0 unspecified atom stereocenters. The van der Waals surface area contributed by atoms with Gasteiger partial charge in [-0.05, 0) is 52.0 Å². The van der Waals surface area contributed by atoms with Crippen LogP contribution in [0, 0.1) is 12.7 Å². The predicted octanol–water partition coefficient (Wildman–Crippen LogP) is 3.23. The molecule has 1 amide bonds. The lowest BCUT2D eigenvalue weighted by Gasteiger charge is -2.06. The molecule has 9 heteroatoms. The molecular weight excluding hydrogens is 383 g/mol. The van der Waals surface area contributed by atoms with Crippen molar-refractivity contribution in [1.29, 1.82) is 0 Å². The summed E-state index contributed by atoms with van der Waals surface area (Å²) >= 11 is 1.13. The van der Waals surface area contributed by atoms with Gasteiger partial charge < -0.3 is 9.30 Å². The summed E-state index contributed by atoms with van der Waals surface area (Å²) in [6.07, 6.45) is 0. The molecule has 0 aliphatic heterocycles. The molecule has 0 radical (unpaired) electrons. The number of hydrogen-bond donors (Lipinski definition) is 0. The van der Waals surface area contributed by atoms with Gasteiger partial charge in [0, 0.05) is 11.7 Å². The number of fused-ring (bicyclic) bond motifs is 1. The fourth-order valence-electron chi connectivity index (χ4n) is 2.88. The zero-order chi connectivity index (χ0) is 20.4. The number of thiazole rings is 1. The smallest absolute Gasteiger partial charge is 0.326 e. The van der Waals surface area contributed by atoms with Crippen LogP contribution in [0.4, 0.5) is 4.39 Å². The normalized spacial score (nSPS) is 12.1. The number of hydrogen-bond acceptors (Lipinski definition) is 5. The Morgan fingerprint density at radius 2 is 2.07 bits per heavy atom. The van der Waals surface area contributed by atoms with Crippen LogP contribution in [0.2, 0.25) is 0 Å². The van der Waals surface area contributed by atoms with E-state index in [9.17, 15) is 14.0 Å². The molecule has 2 aromatic heterocycles. The molecule has 3 rings (SSSR count). The number of rotatable bonds is 5. The van der Waals surface area contributed by atoms with Crippen LogP contribution in [0.25, 0.3) is 10.2 Å². The Bertz CT molecular complexity index is 1110. The Morgan fingerprint density at radius 1 is 1.32 bits per heavy atom. The fourth-order valence-corrected chi connectivity index (χ4v) is 3.93. The summed E-state index contributed by atoms with van der Waals surface area (Å²) < 4.78 is 22.5. The van der Waals surface area contributed by atoms with Crippen LogP contribution in [-0.4, -0.2) is 32.8 Å². The highest BCUT2D eigenvalue weighted by atomic mass is 32.1. The summed E-state index contributed by atoms with van der Waals surface area (Å²) in [5.41, 5.74) is 1.68. The van der Waals surface area contributed by atoms with Gasteiger partial charge in [-0.3, -0.25) is 14.3 Å². The molecule has 7 nitrogen and oxygen atoms in total. The van der Waals surface area contributed by atoms with Gasteiger partial charge in [-0.2, -0.15) is 10.1 Å². The summed E-state index contributed by atoms with van der Waals surface area (Å²) in [6.45, 7) is 7.65. The maximum absolute atomic E-state index is 13.6. The first-order valence-electron chi connectivity index (χ1n) is 8.90. The number of carbonyl (C=O) groups excluding carboxylic acids is 2. The van der Waals surface area contributed by atoms with E-state index in [2.05, 4.69) is 10.1 Å². The molecule has 0 aliphatic carbocycles. The van der Waals surface area contributed by atoms with Crippen molar-refractivity contribution in [3.05, 3.63) is 46.3 Å². The summed E-state index contributed by atoms with van der Waals surface area (Å²) in [6, 6.07) is 6.00. The highest BCUT2D eigenvalue weighted by Crippen LogP contribution is 2.19. The van der Waals surface area contributed by atoms with Crippen LogP contribution in [0.3, 0.4) is 0 Å². The van der Waals surface area contributed by atoms with E-state index >= 15 is 0 Å². The zero-order valence-electron chi connectivity index (χ0n) is 16.1. The molecule has 0 saturated heterocycles. The lowest BCUT2D eigenvalue weighted by molar-refractivity contribution is -0.143. The topological polar surface area (TPSA) is 78.5 Å². The molecule has 3 aromatic rings. The van der Waals surface area contributed by atoms with Crippen molar-refractivity contribution in [2.24, 2.45) is 4.99 Å². The van der Waals surface area contributed by atoms with Crippen molar-refractivity contribution in [2.45, 2.75) is 40.3 Å². The van der Waals surface area contributed by atoms with Crippen molar-refractivity contribution < 1.29 is 18.7 Å². The van der Waals surface area contributed by atoms with Crippen molar-refractivity contribution >= 4 is 33.4 Å². The molecule has 0 aliphatic rings. The van der Waals surface area contributed by atoms with Crippen molar-refractivity contribution in [2.75, 3.05) is 6.61 Å². The Labute approximate surface area is 165 Å². The number of aryl methyl sites for hydroxylation is 1. The first kappa shape index (κ1) is 19.9. The molecule has 1 aromatic carbocycles. The average molecular weight is 404 g/mol. The first-order chi connectivity index (χ1) is 13.3. The number of nitrogens with zero attached hydrogens (tertiary/aromatic N) is 4. The minimum absolute atomic E-state index is 0.114. The number of aromatic nitrogens is 3. The predicted molar refractivity (Wildman–Crippen MR) is 104 cm³/mol. The number of benzene rings is 1. The van der Waals surface area contributed by atoms with Crippen molar-refractivity contribution in [3.8, 4) is 0 Å². The lowest BCUT2D eigenvalue weighted by atomic mass is 10.3. The Balaban J connectivity index is 2.08. The molecule has 0 N–H and O–H groups in total. The van der Waals surface area contributed by atoms with Crippen LogP contribution in [0.1, 0.15) is 43.0 Å². The highest BCUT2D eigenvalue weighted by Gasteiger charge is 2.16. The number of esters is 1. The lowest BCUT2D eigenvalue weighted by Crippen LogP contribution is -2.23. The molecular formula is C19H21FN4O3S. The van der Waals surface area contributed by atoms with E-state index in [0.29, 0.717) is 10.2 Å². The quantitative estimate of drug-likeness (QED) is 0.612. The average Bonchev–Trinajstić information content (AvgIpc) is 3.16. The number of amides is 1. The maximum Gasteiger partial charge on any atom is 0.326 e. The van der Waals surface area contributed by atoms with Gasteiger partial charge in [-0.15, -0.1) is 0 Å². The summed E-state index contributed by atoms with van der Waals surface area (Å²) in [7, 11) is 0. The van der Waals surface area contributed by atoms with E-state index in [4.69, 9.17) is 4.74 Å². The van der Waals surface area contributed by atoms with E-state index in [1.54, 1.807) is 28.3 Å². The molecule has 0 atom stereocenters. The Kier molecular flexibility index (Phi) is 5.73. The van der Waals surface area contributed by atoms with Gasteiger partial charge in [0.05, 0.1) is 16.8 Å². The van der Waals surface area contributed by atoms with Gasteiger partial charge in [0.1, 0.15) is 12.4 Å². The van der Waals surface area contributed by atoms with Gasteiger partial charge in [0.25, 0.3) is 5.91 Å². The zero-order valence-corrected chi connectivity index (χ0v) is 16.9. The van der Waals surface area contributed by atoms with E-state index in [1.165, 1.54) is 12.1 Å². The van der Waals surface area contributed by atoms with E-state index in [0.717, 1.165) is 17.0 Å². The van der Waals surface area contributed by atoms with Gasteiger partial charge in [0.15, 0.2) is 10.5 Å². The molecule has 0 fully saturated rings.